The molecule has 18 heavy (non-hydrogen) atoms. The largest absolute Gasteiger partial charge is 0.497 e. The number of hydrogen-bond donors (Lipinski definition) is 1. The summed E-state index contributed by atoms with van der Waals surface area (Å²) in [5.74, 6) is -0.0727. The molecular formula is C13H13NO4. The molecule has 1 aliphatic heterocycles. The zero-order valence-corrected chi connectivity index (χ0v) is 9.93. The fourth-order valence-electron chi connectivity index (χ4n) is 1.56. The van der Waals surface area contributed by atoms with Crippen LogP contribution in [0, 0.1) is 0 Å². The van der Waals surface area contributed by atoms with Crippen LogP contribution in [0.5, 0.6) is 5.75 Å². The van der Waals surface area contributed by atoms with Crippen molar-refractivity contribution in [3.05, 3.63) is 41.6 Å². The first kappa shape index (κ1) is 12.2. The van der Waals surface area contributed by atoms with E-state index in [-0.39, 0.29) is 11.5 Å². The average molecular weight is 247 g/mol. The average Bonchev–Trinajstić information content (AvgIpc) is 2.41. The van der Waals surface area contributed by atoms with Crippen molar-refractivity contribution in [1.29, 1.82) is 0 Å². The summed E-state index contributed by atoms with van der Waals surface area (Å²) in [7, 11) is 1.56. The predicted molar refractivity (Wildman–Crippen MR) is 64.4 cm³/mol. The number of hydrogen-bond acceptors (Lipinski definition) is 5. The molecule has 1 N–H and O–H groups in total. The molecule has 1 aliphatic rings. The molecule has 0 spiro atoms. The Morgan fingerprint density at radius 2 is 2.11 bits per heavy atom. The molecule has 0 aromatic heterocycles. The van der Waals surface area contributed by atoms with Crippen LogP contribution in [0.1, 0.15) is 10.4 Å². The summed E-state index contributed by atoms with van der Waals surface area (Å²) in [6.07, 6.45) is 1.25. The number of ketones is 1. The number of benzene rings is 1. The van der Waals surface area contributed by atoms with E-state index < -0.39 is 5.97 Å². The monoisotopic (exact) mass is 247 g/mol. The lowest BCUT2D eigenvalue weighted by Gasteiger charge is -2.15. The Hall–Kier alpha value is -2.30. The molecule has 0 aliphatic carbocycles. The van der Waals surface area contributed by atoms with Gasteiger partial charge in [-0.15, -0.1) is 0 Å². The molecule has 1 aromatic carbocycles. The van der Waals surface area contributed by atoms with E-state index in [0.29, 0.717) is 24.5 Å². The number of carbonyl (C=O) groups excluding carboxylic acids is 2. The second-order valence-electron chi connectivity index (χ2n) is 3.71. The van der Waals surface area contributed by atoms with Crippen LogP contribution >= 0.6 is 0 Å². The van der Waals surface area contributed by atoms with E-state index >= 15 is 0 Å². The van der Waals surface area contributed by atoms with E-state index in [9.17, 15) is 9.59 Å². The molecule has 5 nitrogen and oxygen atoms in total. The van der Waals surface area contributed by atoms with Gasteiger partial charge in [0.15, 0.2) is 5.78 Å². The highest BCUT2D eigenvalue weighted by Gasteiger charge is 2.17. The van der Waals surface area contributed by atoms with Gasteiger partial charge in [-0.25, -0.2) is 4.79 Å². The van der Waals surface area contributed by atoms with Gasteiger partial charge in [-0.2, -0.15) is 0 Å². The van der Waals surface area contributed by atoms with Crippen LogP contribution in [0.3, 0.4) is 0 Å². The number of rotatable bonds is 3. The summed E-state index contributed by atoms with van der Waals surface area (Å²) in [4.78, 5) is 23.2. The highest BCUT2D eigenvalue weighted by molar-refractivity contribution is 6.08. The Labute approximate surface area is 104 Å². The first-order chi connectivity index (χ1) is 8.70. The van der Waals surface area contributed by atoms with Gasteiger partial charge in [0.2, 0.25) is 0 Å². The number of esters is 1. The molecule has 0 atom stereocenters. The first-order valence-electron chi connectivity index (χ1n) is 5.52. The van der Waals surface area contributed by atoms with Gasteiger partial charge in [-0.3, -0.25) is 4.79 Å². The number of carbonyl (C=O) groups is 2. The standard InChI is InChI=1S/C13H13NO4/c1-17-10-4-2-9(3-5-10)12(15)8-11-13(16)18-7-6-14-11/h2-5,8,14H,6-7H2,1H3/b11-8-. The second-order valence-corrected chi connectivity index (χ2v) is 3.71. The van der Waals surface area contributed by atoms with Crippen molar-refractivity contribution < 1.29 is 19.1 Å². The molecule has 5 heteroatoms. The molecule has 0 radical (unpaired) electrons. The summed E-state index contributed by atoms with van der Waals surface area (Å²) >= 11 is 0. The van der Waals surface area contributed by atoms with Crippen molar-refractivity contribution in [1.82, 2.24) is 5.32 Å². The molecule has 2 rings (SSSR count). The van der Waals surface area contributed by atoms with E-state index in [4.69, 9.17) is 9.47 Å². The quantitative estimate of drug-likeness (QED) is 0.488. The maximum absolute atomic E-state index is 11.9. The van der Waals surface area contributed by atoms with E-state index in [1.807, 2.05) is 0 Å². The van der Waals surface area contributed by atoms with Crippen molar-refractivity contribution in [2.24, 2.45) is 0 Å². The van der Waals surface area contributed by atoms with E-state index in [0.717, 1.165) is 0 Å². The Balaban J connectivity index is 2.15. The van der Waals surface area contributed by atoms with E-state index in [1.165, 1.54) is 6.08 Å². The SMILES string of the molecule is COc1ccc(C(=O)/C=C2\NCCOC2=O)cc1. The van der Waals surface area contributed by atoms with Crippen molar-refractivity contribution in [2.45, 2.75) is 0 Å². The molecule has 0 unspecified atom stereocenters. The molecule has 94 valence electrons. The van der Waals surface area contributed by atoms with E-state index in [1.54, 1.807) is 31.4 Å². The zero-order chi connectivity index (χ0) is 13.0. The van der Waals surface area contributed by atoms with Crippen LogP contribution in [0.25, 0.3) is 0 Å². The molecule has 1 heterocycles. The smallest absolute Gasteiger partial charge is 0.354 e. The van der Waals surface area contributed by atoms with Crippen molar-refractivity contribution in [3.63, 3.8) is 0 Å². The third-order valence-corrected chi connectivity index (χ3v) is 2.52. The highest BCUT2D eigenvalue weighted by Crippen LogP contribution is 2.13. The summed E-state index contributed by atoms with van der Waals surface area (Å²) < 4.78 is 9.82. The van der Waals surface area contributed by atoms with Crippen LogP contribution in [0.15, 0.2) is 36.0 Å². The van der Waals surface area contributed by atoms with Crippen LogP contribution in [0.2, 0.25) is 0 Å². The minimum Gasteiger partial charge on any atom is -0.497 e. The van der Waals surface area contributed by atoms with Gasteiger partial charge in [0.25, 0.3) is 0 Å². The van der Waals surface area contributed by atoms with Gasteiger partial charge in [-0.05, 0) is 24.3 Å². The summed E-state index contributed by atoms with van der Waals surface area (Å²) in [6, 6.07) is 6.68. The lowest BCUT2D eigenvalue weighted by Crippen LogP contribution is -2.33. The number of ether oxygens (including phenoxy) is 2. The minimum absolute atomic E-state index is 0.196. The van der Waals surface area contributed by atoms with Gasteiger partial charge in [0.1, 0.15) is 18.1 Å². The fraction of sp³-hybridized carbons (Fsp3) is 0.231. The third kappa shape index (κ3) is 2.68. The highest BCUT2D eigenvalue weighted by atomic mass is 16.5. The summed E-state index contributed by atoms with van der Waals surface area (Å²) in [5, 5.41) is 2.83. The Morgan fingerprint density at radius 3 is 2.72 bits per heavy atom. The van der Waals surface area contributed by atoms with Gasteiger partial charge < -0.3 is 14.8 Å². The number of allylic oxidation sites excluding steroid dienone is 1. The van der Waals surface area contributed by atoms with Gasteiger partial charge in [0.05, 0.1) is 7.11 Å². The topological polar surface area (TPSA) is 64.6 Å². The molecule has 0 amide bonds. The van der Waals surface area contributed by atoms with Gasteiger partial charge >= 0.3 is 5.97 Å². The Bertz CT molecular complexity index is 490. The molecule has 0 saturated carbocycles. The normalized spacial score (nSPS) is 16.9. The fourth-order valence-corrected chi connectivity index (χ4v) is 1.56. The molecule has 1 aromatic rings. The maximum Gasteiger partial charge on any atom is 0.354 e. The minimum atomic E-state index is -0.497. The van der Waals surface area contributed by atoms with Crippen molar-refractivity contribution in [2.75, 3.05) is 20.3 Å². The number of cyclic esters (lactones) is 1. The molecule has 1 saturated heterocycles. The Morgan fingerprint density at radius 1 is 1.39 bits per heavy atom. The number of nitrogens with one attached hydrogen (secondary N) is 1. The molecular weight excluding hydrogens is 234 g/mol. The number of morpholine rings is 1. The van der Waals surface area contributed by atoms with Gasteiger partial charge in [-0.1, -0.05) is 0 Å². The maximum atomic E-state index is 11.9. The zero-order valence-electron chi connectivity index (χ0n) is 9.93. The lowest BCUT2D eigenvalue weighted by atomic mass is 10.1. The van der Waals surface area contributed by atoms with Crippen LogP contribution in [0.4, 0.5) is 0 Å². The molecule has 1 fully saturated rings. The van der Waals surface area contributed by atoms with Crippen LogP contribution in [-0.4, -0.2) is 32.0 Å². The van der Waals surface area contributed by atoms with Crippen molar-refractivity contribution >= 4 is 11.8 Å². The number of methoxy groups -OCH3 is 1. The van der Waals surface area contributed by atoms with Crippen molar-refractivity contribution in [3.8, 4) is 5.75 Å². The molecule has 0 bridgehead atoms. The second kappa shape index (κ2) is 5.35. The third-order valence-electron chi connectivity index (χ3n) is 2.52. The van der Waals surface area contributed by atoms with Gasteiger partial charge in [0, 0.05) is 18.2 Å². The van der Waals surface area contributed by atoms with E-state index in [2.05, 4.69) is 5.32 Å². The summed E-state index contributed by atoms with van der Waals surface area (Å²) in [5.41, 5.74) is 0.686. The predicted octanol–water partition coefficient (Wildman–Crippen LogP) is 0.908. The lowest BCUT2D eigenvalue weighted by molar-refractivity contribution is -0.141. The summed E-state index contributed by atoms with van der Waals surface area (Å²) in [6.45, 7) is 0.848. The first-order valence-corrected chi connectivity index (χ1v) is 5.52. The van der Waals surface area contributed by atoms with Crippen LogP contribution in [-0.2, 0) is 9.53 Å². The van der Waals surface area contributed by atoms with Crippen LogP contribution < -0.4 is 10.1 Å². The Kier molecular flexibility index (Phi) is 3.62.